The van der Waals surface area contributed by atoms with Crippen molar-refractivity contribution in [3.05, 3.63) is 0 Å². The standard InChI is InChI=1S/C13H25N3O2/c1-11-8-16(6-7-18-11)12(14)15-9-13(10-17-2)4-3-5-13/h11H,3-10H2,1-2H3,(H2,14,15). The average molecular weight is 255 g/mol. The lowest BCUT2D eigenvalue weighted by molar-refractivity contribution is 0.00441. The summed E-state index contributed by atoms with van der Waals surface area (Å²) in [5.41, 5.74) is 6.32. The molecule has 0 aromatic rings. The van der Waals surface area contributed by atoms with Crippen LogP contribution in [-0.4, -0.2) is 56.9 Å². The Hall–Kier alpha value is -0.810. The van der Waals surface area contributed by atoms with Crippen LogP contribution >= 0.6 is 0 Å². The van der Waals surface area contributed by atoms with Gasteiger partial charge in [0.2, 0.25) is 0 Å². The number of nitrogens with two attached hydrogens (primary N) is 1. The van der Waals surface area contributed by atoms with Gasteiger partial charge in [-0.25, -0.2) is 0 Å². The average Bonchev–Trinajstić information content (AvgIpc) is 2.32. The number of guanidine groups is 1. The highest BCUT2D eigenvalue weighted by atomic mass is 16.5. The van der Waals surface area contributed by atoms with Crippen LogP contribution in [0.15, 0.2) is 4.99 Å². The summed E-state index contributed by atoms with van der Waals surface area (Å²) in [7, 11) is 1.76. The van der Waals surface area contributed by atoms with Crippen molar-refractivity contribution in [1.29, 1.82) is 0 Å². The van der Waals surface area contributed by atoms with Gasteiger partial charge in [0.25, 0.3) is 0 Å². The van der Waals surface area contributed by atoms with Crippen LogP contribution in [0.1, 0.15) is 26.2 Å². The Morgan fingerprint density at radius 2 is 2.33 bits per heavy atom. The number of rotatable bonds is 4. The van der Waals surface area contributed by atoms with E-state index in [2.05, 4.69) is 16.8 Å². The van der Waals surface area contributed by atoms with Crippen LogP contribution in [-0.2, 0) is 9.47 Å². The third-order valence-electron chi connectivity index (χ3n) is 4.01. The second-order valence-corrected chi connectivity index (χ2v) is 5.59. The van der Waals surface area contributed by atoms with Gasteiger partial charge in [-0.15, -0.1) is 0 Å². The third-order valence-corrected chi connectivity index (χ3v) is 4.01. The molecule has 18 heavy (non-hydrogen) atoms. The van der Waals surface area contributed by atoms with Crippen molar-refractivity contribution in [3.63, 3.8) is 0 Å². The van der Waals surface area contributed by atoms with Crippen molar-refractivity contribution in [1.82, 2.24) is 4.90 Å². The van der Waals surface area contributed by atoms with Crippen molar-refractivity contribution < 1.29 is 9.47 Å². The Balaban J connectivity index is 1.87. The Morgan fingerprint density at radius 3 is 2.89 bits per heavy atom. The fourth-order valence-electron chi connectivity index (χ4n) is 2.71. The molecule has 1 aliphatic heterocycles. The van der Waals surface area contributed by atoms with Gasteiger partial charge in [-0.05, 0) is 19.8 Å². The van der Waals surface area contributed by atoms with Gasteiger partial charge in [-0.3, -0.25) is 4.99 Å². The molecule has 2 fully saturated rings. The predicted molar refractivity (Wildman–Crippen MR) is 71.6 cm³/mol. The Morgan fingerprint density at radius 1 is 1.56 bits per heavy atom. The maximum Gasteiger partial charge on any atom is 0.191 e. The lowest BCUT2D eigenvalue weighted by Crippen LogP contribution is -2.48. The summed E-state index contributed by atoms with van der Waals surface area (Å²) in [5, 5.41) is 0. The van der Waals surface area contributed by atoms with Crippen molar-refractivity contribution in [3.8, 4) is 0 Å². The van der Waals surface area contributed by atoms with Crippen molar-refractivity contribution >= 4 is 5.96 Å². The number of aliphatic imine (C=N–C) groups is 1. The SMILES string of the molecule is COCC1(CN=C(N)N2CCOC(C)C2)CCC1. The smallest absolute Gasteiger partial charge is 0.191 e. The largest absolute Gasteiger partial charge is 0.384 e. The van der Waals surface area contributed by atoms with Crippen LogP contribution in [0.4, 0.5) is 0 Å². The zero-order chi connectivity index (χ0) is 13.0. The molecule has 2 rings (SSSR count). The zero-order valence-corrected chi connectivity index (χ0v) is 11.5. The molecule has 0 bridgehead atoms. The molecular formula is C13H25N3O2. The van der Waals surface area contributed by atoms with Crippen LogP contribution in [0.5, 0.6) is 0 Å². The van der Waals surface area contributed by atoms with Crippen LogP contribution in [0.25, 0.3) is 0 Å². The van der Waals surface area contributed by atoms with Crippen LogP contribution in [0.2, 0.25) is 0 Å². The van der Waals surface area contributed by atoms with E-state index >= 15 is 0 Å². The highest BCUT2D eigenvalue weighted by Gasteiger charge is 2.37. The Labute approximate surface area is 109 Å². The van der Waals surface area contributed by atoms with E-state index < -0.39 is 0 Å². The highest BCUT2D eigenvalue weighted by Crippen LogP contribution is 2.41. The van der Waals surface area contributed by atoms with E-state index in [4.69, 9.17) is 15.2 Å². The number of morpholine rings is 1. The molecule has 1 saturated carbocycles. The summed E-state index contributed by atoms with van der Waals surface area (Å²) in [4.78, 5) is 6.70. The van der Waals surface area contributed by atoms with Crippen LogP contribution in [0, 0.1) is 5.41 Å². The predicted octanol–water partition coefficient (Wildman–Crippen LogP) is 0.838. The zero-order valence-electron chi connectivity index (χ0n) is 11.5. The first-order valence-electron chi connectivity index (χ1n) is 6.81. The number of nitrogens with zero attached hydrogens (tertiary/aromatic N) is 2. The fourth-order valence-corrected chi connectivity index (χ4v) is 2.71. The molecular weight excluding hydrogens is 230 g/mol. The maximum absolute atomic E-state index is 6.07. The van der Waals surface area contributed by atoms with Crippen molar-refractivity contribution in [2.24, 2.45) is 16.1 Å². The monoisotopic (exact) mass is 255 g/mol. The first kappa shape index (κ1) is 13.6. The normalized spacial score (nSPS) is 28.0. The van der Waals surface area contributed by atoms with Crippen molar-refractivity contribution in [2.45, 2.75) is 32.3 Å². The minimum Gasteiger partial charge on any atom is -0.384 e. The molecule has 2 N–H and O–H groups in total. The number of ether oxygens (including phenoxy) is 2. The molecule has 1 atom stereocenters. The van der Waals surface area contributed by atoms with E-state index in [1.165, 1.54) is 19.3 Å². The number of hydrogen-bond acceptors (Lipinski definition) is 3. The molecule has 2 aliphatic rings. The summed E-state index contributed by atoms with van der Waals surface area (Å²) in [6, 6.07) is 0. The summed E-state index contributed by atoms with van der Waals surface area (Å²) in [6.45, 7) is 6.07. The summed E-state index contributed by atoms with van der Waals surface area (Å²) >= 11 is 0. The molecule has 0 amide bonds. The van der Waals surface area contributed by atoms with Gasteiger partial charge >= 0.3 is 0 Å². The first-order chi connectivity index (χ1) is 8.65. The Bertz CT molecular complexity index is 303. The van der Waals surface area contributed by atoms with Gasteiger partial charge in [0.1, 0.15) is 0 Å². The lowest BCUT2D eigenvalue weighted by atomic mass is 9.69. The molecule has 5 heteroatoms. The molecule has 1 saturated heterocycles. The topological polar surface area (TPSA) is 60.1 Å². The molecule has 0 spiro atoms. The summed E-state index contributed by atoms with van der Waals surface area (Å²) < 4.78 is 10.8. The molecule has 0 aromatic carbocycles. The Kier molecular flexibility index (Phi) is 4.45. The van der Waals surface area contributed by atoms with Gasteiger partial charge in [0.05, 0.1) is 25.9 Å². The van der Waals surface area contributed by atoms with E-state index in [-0.39, 0.29) is 11.5 Å². The molecule has 1 aliphatic carbocycles. The minimum atomic E-state index is 0.240. The number of methoxy groups -OCH3 is 1. The van der Waals surface area contributed by atoms with Gasteiger partial charge in [0.15, 0.2) is 5.96 Å². The van der Waals surface area contributed by atoms with Gasteiger partial charge in [-0.1, -0.05) is 6.42 Å². The second-order valence-electron chi connectivity index (χ2n) is 5.59. The second kappa shape index (κ2) is 5.89. The first-order valence-corrected chi connectivity index (χ1v) is 6.81. The highest BCUT2D eigenvalue weighted by molar-refractivity contribution is 5.78. The van der Waals surface area contributed by atoms with Crippen LogP contribution in [0.3, 0.4) is 0 Å². The summed E-state index contributed by atoms with van der Waals surface area (Å²) in [6.07, 6.45) is 3.94. The van der Waals surface area contributed by atoms with E-state index in [0.717, 1.165) is 32.8 Å². The summed E-state index contributed by atoms with van der Waals surface area (Å²) in [5.74, 6) is 0.660. The lowest BCUT2D eigenvalue weighted by Gasteiger charge is -2.40. The van der Waals surface area contributed by atoms with Crippen molar-refractivity contribution in [2.75, 3.05) is 40.0 Å². The number of hydrogen-bond donors (Lipinski definition) is 1. The molecule has 104 valence electrons. The van der Waals surface area contributed by atoms with E-state index in [0.29, 0.717) is 5.96 Å². The molecule has 0 radical (unpaired) electrons. The van der Waals surface area contributed by atoms with E-state index in [9.17, 15) is 0 Å². The van der Waals surface area contributed by atoms with Crippen LogP contribution < -0.4 is 5.73 Å². The molecule has 0 aromatic heterocycles. The van der Waals surface area contributed by atoms with Gasteiger partial charge in [-0.2, -0.15) is 0 Å². The van der Waals surface area contributed by atoms with Gasteiger partial charge < -0.3 is 20.1 Å². The van der Waals surface area contributed by atoms with Gasteiger partial charge in [0, 0.05) is 25.6 Å². The quantitative estimate of drug-likeness (QED) is 0.597. The maximum atomic E-state index is 6.07. The van der Waals surface area contributed by atoms with E-state index in [1.807, 2.05) is 0 Å². The fraction of sp³-hybridized carbons (Fsp3) is 0.923. The van der Waals surface area contributed by atoms with E-state index in [1.54, 1.807) is 7.11 Å². The third kappa shape index (κ3) is 3.14. The molecule has 1 heterocycles. The molecule has 5 nitrogen and oxygen atoms in total. The minimum absolute atomic E-state index is 0.240. The molecule has 1 unspecified atom stereocenters.